The molecule has 3 rings (SSSR count). The zero-order valence-electron chi connectivity index (χ0n) is 11.9. The van der Waals surface area contributed by atoms with E-state index in [9.17, 15) is 5.11 Å². The molecule has 0 saturated heterocycles. The summed E-state index contributed by atoms with van der Waals surface area (Å²) in [4.78, 5) is 0. The Labute approximate surface area is 130 Å². The van der Waals surface area contributed by atoms with E-state index >= 15 is 0 Å². The predicted molar refractivity (Wildman–Crippen MR) is 85.9 cm³/mol. The van der Waals surface area contributed by atoms with Crippen molar-refractivity contribution in [3.05, 3.63) is 34.3 Å². The second-order valence-electron chi connectivity index (χ2n) is 6.67. The first-order chi connectivity index (χ1) is 9.71. The molecule has 2 saturated carbocycles. The molecular weight excluding hydrogens is 314 g/mol. The lowest BCUT2D eigenvalue weighted by Gasteiger charge is -2.39. The van der Waals surface area contributed by atoms with Crippen LogP contribution in [0.4, 0.5) is 0 Å². The number of halogens is 1. The van der Waals surface area contributed by atoms with Gasteiger partial charge in [0.2, 0.25) is 0 Å². The minimum atomic E-state index is 0.181. The summed E-state index contributed by atoms with van der Waals surface area (Å²) in [5.41, 5.74) is 1.64. The van der Waals surface area contributed by atoms with Gasteiger partial charge in [0.25, 0.3) is 0 Å². The molecule has 2 aliphatic rings. The molecule has 2 fully saturated rings. The van der Waals surface area contributed by atoms with Crippen molar-refractivity contribution in [1.82, 2.24) is 5.32 Å². The highest BCUT2D eigenvalue weighted by molar-refractivity contribution is 9.10. The maximum absolute atomic E-state index is 9.64. The van der Waals surface area contributed by atoms with Crippen LogP contribution < -0.4 is 5.32 Å². The fourth-order valence-electron chi connectivity index (χ4n) is 3.69. The minimum absolute atomic E-state index is 0.181. The van der Waals surface area contributed by atoms with Crippen LogP contribution in [-0.4, -0.2) is 24.3 Å². The average Bonchev–Trinajstić information content (AvgIpc) is 2.86. The van der Waals surface area contributed by atoms with Crippen molar-refractivity contribution in [2.45, 2.75) is 50.5 Å². The monoisotopic (exact) mass is 337 g/mol. The molecule has 3 heteroatoms. The molecule has 110 valence electrons. The molecule has 2 aliphatic carbocycles. The molecule has 0 radical (unpaired) electrons. The van der Waals surface area contributed by atoms with Gasteiger partial charge < -0.3 is 10.4 Å². The Balaban J connectivity index is 1.46. The van der Waals surface area contributed by atoms with Crippen LogP contribution in [0.25, 0.3) is 0 Å². The van der Waals surface area contributed by atoms with Crippen molar-refractivity contribution in [3.63, 3.8) is 0 Å². The van der Waals surface area contributed by atoms with Gasteiger partial charge in [-0.05, 0) is 49.3 Å². The van der Waals surface area contributed by atoms with Gasteiger partial charge in [-0.1, -0.05) is 40.9 Å². The molecule has 1 aromatic rings. The molecule has 0 amide bonds. The van der Waals surface area contributed by atoms with E-state index in [0.717, 1.165) is 6.54 Å². The van der Waals surface area contributed by atoms with Crippen molar-refractivity contribution >= 4 is 15.9 Å². The number of rotatable bonds is 5. The van der Waals surface area contributed by atoms with E-state index in [1.54, 1.807) is 0 Å². The fourth-order valence-corrected chi connectivity index (χ4v) is 4.11. The number of aliphatic hydroxyl groups excluding tert-OH is 1. The third kappa shape index (κ3) is 3.10. The number of hydrogen-bond donors (Lipinski definition) is 2. The second kappa shape index (κ2) is 6.17. The Morgan fingerprint density at radius 2 is 2.00 bits per heavy atom. The highest BCUT2D eigenvalue weighted by atomic mass is 79.9. The van der Waals surface area contributed by atoms with Gasteiger partial charge in [0.05, 0.1) is 0 Å². The van der Waals surface area contributed by atoms with Gasteiger partial charge in [-0.15, -0.1) is 0 Å². The van der Waals surface area contributed by atoms with E-state index in [1.165, 1.54) is 48.6 Å². The number of hydrogen-bond acceptors (Lipinski definition) is 2. The third-order valence-corrected chi connectivity index (χ3v) is 5.72. The molecular formula is C17H24BrNO. The summed E-state index contributed by atoms with van der Waals surface area (Å²) < 4.78 is 1.18. The maximum atomic E-state index is 9.64. The van der Waals surface area contributed by atoms with Crippen LogP contribution in [0, 0.1) is 5.41 Å². The zero-order chi connectivity index (χ0) is 14.0. The Kier molecular flexibility index (Phi) is 4.49. The van der Waals surface area contributed by atoms with Crippen LogP contribution in [0.1, 0.15) is 50.0 Å². The minimum Gasteiger partial charge on any atom is -0.396 e. The Morgan fingerprint density at radius 1 is 1.25 bits per heavy atom. The molecule has 2 N–H and O–H groups in total. The number of aliphatic hydroxyl groups is 1. The quantitative estimate of drug-likeness (QED) is 0.855. The topological polar surface area (TPSA) is 32.3 Å². The summed E-state index contributed by atoms with van der Waals surface area (Å²) in [6.45, 7) is 1.35. The lowest BCUT2D eigenvalue weighted by atomic mass is 9.75. The van der Waals surface area contributed by atoms with Gasteiger partial charge in [-0.2, -0.15) is 0 Å². The van der Waals surface area contributed by atoms with Crippen LogP contribution in [0.5, 0.6) is 0 Å². The zero-order valence-corrected chi connectivity index (χ0v) is 13.5. The van der Waals surface area contributed by atoms with Gasteiger partial charge >= 0.3 is 0 Å². The van der Waals surface area contributed by atoms with Crippen LogP contribution >= 0.6 is 15.9 Å². The second-order valence-corrected chi connectivity index (χ2v) is 7.58. The molecule has 0 heterocycles. The summed E-state index contributed by atoms with van der Waals surface area (Å²) in [5.74, 6) is 0.707. The molecule has 0 unspecified atom stereocenters. The molecule has 0 bridgehead atoms. The van der Waals surface area contributed by atoms with Crippen LogP contribution in [0.2, 0.25) is 0 Å². The standard InChI is InChI=1S/C17H24BrNO/c18-15-5-3-4-13(8-15)14-9-16(10-14)19-11-17(12-20)6-1-2-7-17/h3-5,8,14,16,19-20H,1-2,6-7,9-12H2. The average molecular weight is 338 g/mol. The first kappa shape index (κ1) is 14.6. The van der Waals surface area contributed by atoms with Crippen molar-refractivity contribution in [2.75, 3.05) is 13.2 Å². The first-order valence-corrected chi connectivity index (χ1v) is 8.60. The molecule has 0 aliphatic heterocycles. The summed E-state index contributed by atoms with van der Waals surface area (Å²) in [7, 11) is 0. The smallest absolute Gasteiger partial charge is 0.0499 e. The van der Waals surface area contributed by atoms with Gasteiger partial charge in [0, 0.05) is 29.1 Å². The summed E-state index contributed by atoms with van der Waals surface area (Å²) in [5, 5.41) is 13.3. The normalized spacial score (nSPS) is 28.3. The summed E-state index contributed by atoms with van der Waals surface area (Å²) in [6.07, 6.45) is 7.42. The van der Waals surface area contributed by atoms with Gasteiger partial charge in [-0.3, -0.25) is 0 Å². The van der Waals surface area contributed by atoms with E-state index < -0.39 is 0 Å². The molecule has 0 atom stereocenters. The van der Waals surface area contributed by atoms with Gasteiger partial charge in [0.15, 0.2) is 0 Å². The summed E-state index contributed by atoms with van der Waals surface area (Å²) in [6, 6.07) is 9.33. The summed E-state index contributed by atoms with van der Waals surface area (Å²) >= 11 is 3.55. The van der Waals surface area contributed by atoms with Crippen molar-refractivity contribution < 1.29 is 5.11 Å². The van der Waals surface area contributed by atoms with E-state index in [0.29, 0.717) is 18.6 Å². The predicted octanol–water partition coefficient (Wildman–Crippen LogP) is 3.84. The maximum Gasteiger partial charge on any atom is 0.0499 e. The Bertz CT molecular complexity index is 450. The van der Waals surface area contributed by atoms with E-state index in [1.807, 2.05) is 0 Å². The fraction of sp³-hybridized carbons (Fsp3) is 0.647. The first-order valence-electron chi connectivity index (χ1n) is 7.80. The van der Waals surface area contributed by atoms with Crippen molar-refractivity contribution in [3.8, 4) is 0 Å². The van der Waals surface area contributed by atoms with Crippen LogP contribution in [0.15, 0.2) is 28.7 Å². The van der Waals surface area contributed by atoms with E-state index in [4.69, 9.17) is 0 Å². The van der Waals surface area contributed by atoms with Crippen LogP contribution in [0.3, 0.4) is 0 Å². The lowest BCUT2D eigenvalue weighted by Crippen LogP contribution is -2.46. The third-order valence-electron chi connectivity index (χ3n) is 5.22. The molecule has 1 aromatic carbocycles. The molecule has 20 heavy (non-hydrogen) atoms. The largest absolute Gasteiger partial charge is 0.396 e. The highest BCUT2D eigenvalue weighted by Gasteiger charge is 2.36. The molecule has 2 nitrogen and oxygen atoms in total. The Hall–Kier alpha value is -0.380. The van der Waals surface area contributed by atoms with Gasteiger partial charge in [-0.25, -0.2) is 0 Å². The van der Waals surface area contributed by atoms with Gasteiger partial charge in [0.1, 0.15) is 0 Å². The lowest BCUT2D eigenvalue weighted by molar-refractivity contribution is 0.117. The van der Waals surface area contributed by atoms with Crippen molar-refractivity contribution in [2.24, 2.45) is 5.41 Å². The van der Waals surface area contributed by atoms with E-state index in [2.05, 4.69) is 45.5 Å². The van der Waals surface area contributed by atoms with Crippen LogP contribution in [-0.2, 0) is 0 Å². The highest BCUT2D eigenvalue weighted by Crippen LogP contribution is 2.40. The van der Waals surface area contributed by atoms with E-state index in [-0.39, 0.29) is 5.41 Å². The Morgan fingerprint density at radius 3 is 2.65 bits per heavy atom. The number of nitrogens with one attached hydrogen (secondary N) is 1. The molecule has 0 aromatic heterocycles. The number of benzene rings is 1. The SMILES string of the molecule is OCC1(CNC2CC(c3cccc(Br)c3)C2)CCCC1. The van der Waals surface area contributed by atoms with Crippen molar-refractivity contribution in [1.29, 1.82) is 0 Å². The molecule has 0 spiro atoms.